The van der Waals surface area contributed by atoms with Gasteiger partial charge in [-0.2, -0.15) is 4.31 Å². The Kier molecular flexibility index (Phi) is 5.84. The molecule has 6 nitrogen and oxygen atoms in total. The van der Waals surface area contributed by atoms with Crippen molar-refractivity contribution in [2.24, 2.45) is 0 Å². The zero-order valence-corrected chi connectivity index (χ0v) is 14.9. The van der Waals surface area contributed by atoms with E-state index in [-0.39, 0.29) is 22.8 Å². The van der Waals surface area contributed by atoms with Crippen molar-refractivity contribution in [2.75, 3.05) is 33.8 Å². The third-order valence-electron chi connectivity index (χ3n) is 3.70. The fourth-order valence-corrected chi connectivity index (χ4v) is 5.12. The number of likely N-dealkylation sites (tertiary alicyclic amines) is 1. The average molecular weight is 367 g/mol. The molecule has 1 aromatic heterocycles. The molecule has 124 valence electrons. The minimum absolute atomic E-state index is 0.144. The first-order valence-corrected chi connectivity index (χ1v) is 9.50. The van der Waals surface area contributed by atoms with Crippen LogP contribution >= 0.6 is 22.9 Å². The third-order valence-corrected chi connectivity index (χ3v) is 7.20. The van der Waals surface area contributed by atoms with Crippen molar-refractivity contribution in [1.82, 2.24) is 9.21 Å². The van der Waals surface area contributed by atoms with Crippen molar-refractivity contribution in [1.29, 1.82) is 0 Å². The quantitative estimate of drug-likeness (QED) is 0.794. The number of amides is 1. The first-order valence-electron chi connectivity index (χ1n) is 6.87. The van der Waals surface area contributed by atoms with Crippen molar-refractivity contribution in [2.45, 2.75) is 23.2 Å². The zero-order valence-electron chi connectivity index (χ0n) is 12.5. The van der Waals surface area contributed by atoms with Gasteiger partial charge in [0.2, 0.25) is 5.91 Å². The van der Waals surface area contributed by atoms with Gasteiger partial charge in [0, 0.05) is 27.2 Å². The molecule has 1 amide bonds. The lowest BCUT2D eigenvalue weighted by Gasteiger charge is -2.32. The number of carbonyl (C=O) groups is 1. The first-order chi connectivity index (χ1) is 10.3. The second kappa shape index (κ2) is 7.27. The molecule has 9 heteroatoms. The maximum Gasteiger partial charge on any atom is 0.252 e. The molecule has 0 unspecified atom stereocenters. The minimum atomic E-state index is -3.67. The van der Waals surface area contributed by atoms with E-state index in [0.29, 0.717) is 17.4 Å². The summed E-state index contributed by atoms with van der Waals surface area (Å²) in [6, 6.07) is 2.98. The molecular weight excluding hydrogens is 348 g/mol. The van der Waals surface area contributed by atoms with E-state index >= 15 is 0 Å². The predicted octanol–water partition coefficient (Wildman–Crippen LogP) is 1.66. The topological polar surface area (TPSA) is 66.9 Å². The van der Waals surface area contributed by atoms with Crippen LogP contribution in [0.4, 0.5) is 0 Å². The van der Waals surface area contributed by atoms with Gasteiger partial charge in [-0.15, -0.1) is 11.3 Å². The van der Waals surface area contributed by atoms with Gasteiger partial charge in [0.25, 0.3) is 10.0 Å². The summed E-state index contributed by atoms with van der Waals surface area (Å²) in [5, 5.41) is 0. The fourth-order valence-electron chi connectivity index (χ4n) is 2.31. The van der Waals surface area contributed by atoms with Crippen LogP contribution in [0, 0.1) is 0 Å². The number of thiophene rings is 1. The molecule has 1 aliphatic heterocycles. The second-order valence-corrected chi connectivity index (χ2v) is 9.12. The monoisotopic (exact) mass is 366 g/mol. The van der Waals surface area contributed by atoms with Crippen LogP contribution in [-0.2, 0) is 19.6 Å². The van der Waals surface area contributed by atoms with E-state index in [0.717, 1.165) is 28.5 Å². The second-order valence-electron chi connectivity index (χ2n) is 5.14. The van der Waals surface area contributed by atoms with Crippen molar-refractivity contribution in [3.63, 3.8) is 0 Å². The molecule has 0 spiro atoms. The van der Waals surface area contributed by atoms with Crippen molar-refractivity contribution in [3.05, 3.63) is 16.5 Å². The van der Waals surface area contributed by atoms with E-state index in [9.17, 15) is 13.2 Å². The van der Waals surface area contributed by atoms with E-state index in [1.807, 2.05) is 0 Å². The molecule has 1 fully saturated rings. The van der Waals surface area contributed by atoms with Crippen LogP contribution in [-0.4, -0.2) is 63.4 Å². The van der Waals surface area contributed by atoms with E-state index in [2.05, 4.69) is 0 Å². The van der Waals surface area contributed by atoms with Crippen LogP contribution in [0.1, 0.15) is 12.8 Å². The SMILES string of the molecule is COC1CCN(C(=O)CN(C)S(=O)(=O)c2ccc(Cl)s2)CC1. The molecule has 0 aliphatic carbocycles. The molecule has 2 rings (SSSR count). The van der Waals surface area contributed by atoms with Crippen LogP contribution in [0.2, 0.25) is 4.34 Å². The van der Waals surface area contributed by atoms with Crippen LogP contribution in [0.25, 0.3) is 0 Å². The molecule has 1 aliphatic rings. The Hall–Kier alpha value is -0.670. The molecule has 0 N–H and O–H groups in total. The Morgan fingerprint density at radius 3 is 2.59 bits per heavy atom. The smallest absolute Gasteiger partial charge is 0.252 e. The molecule has 0 saturated carbocycles. The number of hydrogen-bond acceptors (Lipinski definition) is 5. The van der Waals surface area contributed by atoms with Gasteiger partial charge in [-0.25, -0.2) is 8.42 Å². The first kappa shape index (κ1) is 17.7. The highest BCUT2D eigenvalue weighted by Gasteiger charge is 2.28. The summed E-state index contributed by atoms with van der Waals surface area (Å²) in [5.41, 5.74) is 0. The summed E-state index contributed by atoms with van der Waals surface area (Å²) in [7, 11) is -0.605. The van der Waals surface area contributed by atoms with E-state index in [1.54, 1.807) is 12.0 Å². The number of piperidine rings is 1. The Labute approximate surface area is 139 Å². The molecule has 22 heavy (non-hydrogen) atoms. The number of methoxy groups -OCH3 is 1. The lowest BCUT2D eigenvalue weighted by molar-refractivity contribution is -0.133. The lowest BCUT2D eigenvalue weighted by Crippen LogP contribution is -2.45. The number of halogens is 1. The van der Waals surface area contributed by atoms with E-state index < -0.39 is 10.0 Å². The van der Waals surface area contributed by atoms with Crippen LogP contribution in [0.5, 0.6) is 0 Å². The maximum absolute atomic E-state index is 12.3. The average Bonchev–Trinajstić information content (AvgIpc) is 2.94. The molecule has 0 bridgehead atoms. The van der Waals surface area contributed by atoms with Gasteiger partial charge < -0.3 is 9.64 Å². The Balaban J connectivity index is 1.97. The van der Waals surface area contributed by atoms with Gasteiger partial charge in [0.1, 0.15) is 4.21 Å². The van der Waals surface area contributed by atoms with Gasteiger partial charge in [0.05, 0.1) is 17.0 Å². The molecule has 0 aromatic carbocycles. The van der Waals surface area contributed by atoms with Gasteiger partial charge in [-0.3, -0.25) is 4.79 Å². The van der Waals surface area contributed by atoms with E-state index in [1.165, 1.54) is 19.2 Å². The Morgan fingerprint density at radius 2 is 2.09 bits per heavy atom. The largest absolute Gasteiger partial charge is 0.381 e. The van der Waals surface area contributed by atoms with Crippen LogP contribution in [0.3, 0.4) is 0 Å². The van der Waals surface area contributed by atoms with Crippen molar-refractivity contribution < 1.29 is 17.9 Å². The van der Waals surface area contributed by atoms with Gasteiger partial charge >= 0.3 is 0 Å². The molecular formula is C13H19ClN2O4S2. The highest BCUT2D eigenvalue weighted by Crippen LogP contribution is 2.27. The van der Waals surface area contributed by atoms with Crippen LogP contribution < -0.4 is 0 Å². The van der Waals surface area contributed by atoms with Gasteiger partial charge in [0.15, 0.2) is 0 Å². The molecule has 0 atom stereocenters. The number of nitrogens with zero attached hydrogens (tertiary/aromatic N) is 2. The van der Waals surface area contributed by atoms with Crippen molar-refractivity contribution in [3.8, 4) is 0 Å². The summed E-state index contributed by atoms with van der Waals surface area (Å²) in [5.74, 6) is -0.191. The lowest BCUT2D eigenvalue weighted by atomic mass is 10.1. The fraction of sp³-hybridized carbons (Fsp3) is 0.615. The van der Waals surface area contributed by atoms with Gasteiger partial charge in [-0.05, 0) is 25.0 Å². The van der Waals surface area contributed by atoms with Crippen LogP contribution in [0.15, 0.2) is 16.3 Å². The zero-order chi connectivity index (χ0) is 16.3. The summed E-state index contributed by atoms with van der Waals surface area (Å²) >= 11 is 6.76. The standard InChI is InChI=1S/C13H19ClN2O4S2/c1-15(22(18,19)13-4-3-11(14)21-13)9-12(17)16-7-5-10(20-2)6-8-16/h3-4,10H,5-9H2,1-2H3. The minimum Gasteiger partial charge on any atom is -0.381 e. The molecule has 0 radical (unpaired) electrons. The van der Waals surface area contributed by atoms with Gasteiger partial charge in [-0.1, -0.05) is 11.6 Å². The van der Waals surface area contributed by atoms with Crippen molar-refractivity contribution >= 4 is 38.9 Å². The number of rotatable bonds is 5. The normalized spacial score (nSPS) is 17.2. The highest BCUT2D eigenvalue weighted by atomic mass is 35.5. The predicted molar refractivity (Wildman–Crippen MR) is 85.8 cm³/mol. The maximum atomic E-state index is 12.3. The van der Waals surface area contributed by atoms with E-state index in [4.69, 9.17) is 16.3 Å². The third kappa shape index (κ3) is 3.99. The number of carbonyl (C=O) groups excluding carboxylic acids is 1. The molecule has 1 aromatic rings. The molecule has 1 saturated heterocycles. The molecule has 2 heterocycles. The number of hydrogen-bond donors (Lipinski definition) is 0. The summed E-state index contributed by atoms with van der Waals surface area (Å²) in [6.07, 6.45) is 1.73. The number of sulfonamides is 1. The number of likely N-dealkylation sites (N-methyl/N-ethyl adjacent to an activating group) is 1. The Bertz CT molecular complexity index is 624. The number of ether oxygens (including phenoxy) is 1. The highest BCUT2D eigenvalue weighted by molar-refractivity contribution is 7.91. The Morgan fingerprint density at radius 1 is 1.45 bits per heavy atom. The summed E-state index contributed by atoms with van der Waals surface area (Å²) in [6.45, 7) is 1.02. The summed E-state index contributed by atoms with van der Waals surface area (Å²) < 4.78 is 31.6. The summed E-state index contributed by atoms with van der Waals surface area (Å²) in [4.78, 5) is 13.9.